The Labute approximate surface area is 247 Å². The van der Waals surface area contributed by atoms with Crippen molar-refractivity contribution in [3.8, 4) is 0 Å². The predicted octanol–water partition coefficient (Wildman–Crippen LogP) is 6.48. The lowest BCUT2D eigenvalue weighted by atomic mass is 9.76. The van der Waals surface area contributed by atoms with Crippen LogP contribution in [0.4, 0.5) is 0 Å². The van der Waals surface area contributed by atoms with Crippen molar-refractivity contribution in [2.45, 2.75) is 51.0 Å². The van der Waals surface area contributed by atoms with Gasteiger partial charge < -0.3 is 11.1 Å². The average molecular weight is 547 g/mol. The molecule has 4 aromatic rings. The molecule has 214 valence electrons. The van der Waals surface area contributed by atoms with Crippen LogP contribution >= 0.6 is 0 Å². The van der Waals surface area contributed by atoms with Gasteiger partial charge >= 0.3 is 0 Å². The molecule has 0 radical (unpaired) electrons. The van der Waals surface area contributed by atoms with Crippen LogP contribution in [0, 0.1) is 5.92 Å². The fourth-order valence-corrected chi connectivity index (χ4v) is 6.34. The minimum Gasteiger partial charge on any atom is -0.324 e. The molecule has 4 nitrogen and oxygen atoms in total. The Kier molecular flexibility index (Phi) is 10.8. The van der Waals surface area contributed by atoms with E-state index in [1.807, 2.05) is 0 Å². The Hall–Kier alpha value is -3.28. The van der Waals surface area contributed by atoms with Gasteiger partial charge in [-0.25, -0.2) is 0 Å². The van der Waals surface area contributed by atoms with Crippen LogP contribution in [-0.2, 0) is 26.2 Å². The van der Waals surface area contributed by atoms with Crippen LogP contribution in [0.5, 0.6) is 0 Å². The van der Waals surface area contributed by atoms with Gasteiger partial charge in [-0.15, -0.1) is 0 Å². The number of nitrogens with zero attached hydrogens (tertiary/aromatic N) is 2. The van der Waals surface area contributed by atoms with Crippen LogP contribution < -0.4 is 11.1 Å². The molecule has 1 aliphatic rings. The van der Waals surface area contributed by atoms with E-state index >= 15 is 0 Å². The summed E-state index contributed by atoms with van der Waals surface area (Å²) in [5.74, 6) is 0.494. The summed E-state index contributed by atoms with van der Waals surface area (Å²) < 4.78 is 0. The predicted molar refractivity (Wildman–Crippen MR) is 171 cm³/mol. The highest BCUT2D eigenvalue weighted by molar-refractivity contribution is 5.19. The smallest absolute Gasteiger partial charge is 0.0325 e. The van der Waals surface area contributed by atoms with Gasteiger partial charge in [-0.3, -0.25) is 9.80 Å². The molecule has 1 heterocycles. The van der Waals surface area contributed by atoms with Crippen molar-refractivity contribution in [3.63, 3.8) is 0 Å². The van der Waals surface area contributed by atoms with Crippen molar-refractivity contribution in [3.05, 3.63) is 144 Å². The van der Waals surface area contributed by atoms with Gasteiger partial charge in [0.25, 0.3) is 0 Å². The zero-order valence-electron chi connectivity index (χ0n) is 24.4. The lowest BCUT2D eigenvalue weighted by Crippen LogP contribution is -2.58. The molecule has 1 aliphatic heterocycles. The van der Waals surface area contributed by atoms with Gasteiger partial charge in [0.2, 0.25) is 0 Å². The molecule has 0 aromatic heterocycles. The van der Waals surface area contributed by atoms with Crippen LogP contribution in [0.15, 0.2) is 121 Å². The molecule has 0 spiro atoms. The van der Waals surface area contributed by atoms with Crippen molar-refractivity contribution in [1.82, 2.24) is 15.1 Å². The van der Waals surface area contributed by atoms with E-state index in [-0.39, 0.29) is 5.54 Å². The van der Waals surface area contributed by atoms with E-state index < -0.39 is 0 Å². The summed E-state index contributed by atoms with van der Waals surface area (Å²) in [6.45, 7) is 7.61. The highest BCUT2D eigenvalue weighted by Gasteiger charge is 2.37. The monoisotopic (exact) mass is 546 g/mol. The lowest BCUT2D eigenvalue weighted by Gasteiger charge is -2.44. The number of piperidine rings is 1. The van der Waals surface area contributed by atoms with Crippen LogP contribution in [0.3, 0.4) is 0 Å². The molecule has 1 saturated heterocycles. The molecular formula is C37H46N4. The van der Waals surface area contributed by atoms with Crippen molar-refractivity contribution in [1.29, 1.82) is 0 Å². The third kappa shape index (κ3) is 9.11. The highest BCUT2D eigenvalue weighted by atomic mass is 15.2. The van der Waals surface area contributed by atoms with Gasteiger partial charge in [0, 0.05) is 44.8 Å². The molecule has 0 amide bonds. The van der Waals surface area contributed by atoms with Crippen molar-refractivity contribution < 1.29 is 0 Å². The van der Waals surface area contributed by atoms with Crippen LogP contribution in [0.1, 0.15) is 41.5 Å². The summed E-state index contributed by atoms with van der Waals surface area (Å²) in [6, 6.07) is 43.4. The maximum atomic E-state index is 7.62. The molecule has 1 unspecified atom stereocenters. The highest BCUT2D eigenvalue weighted by Crippen LogP contribution is 2.30. The standard InChI is InChI=1S/C37H46N4/c38-37(36-21-24-39-25-22-36,31-41(29-34-17-9-3-10-18-34)30-35-19-11-4-12-20-35)23-26-40(27-32-13-5-1-6-14-32)28-33-15-7-2-8-16-33/h1-20,36,39H,21-31,38H2. The lowest BCUT2D eigenvalue weighted by molar-refractivity contribution is 0.103. The maximum absolute atomic E-state index is 7.62. The molecule has 5 rings (SSSR count). The van der Waals surface area contributed by atoms with E-state index in [2.05, 4.69) is 136 Å². The van der Waals surface area contributed by atoms with Gasteiger partial charge in [0.05, 0.1) is 0 Å². The summed E-state index contributed by atoms with van der Waals surface area (Å²) in [4.78, 5) is 5.18. The SMILES string of the molecule is NC(CCN(Cc1ccccc1)Cc1ccccc1)(CN(Cc1ccccc1)Cc1ccccc1)C1CCNCC1. The summed E-state index contributed by atoms with van der Waals surface area (Å²) in [5, 5.41) is 3.57. The largest absolute Gasteiger partial charge is 0.324 e. The first-order valence-corrected chi connectivity index (χ1v) is 15.3. The fraction of sp³-hybridized carbons (Fsp3) is 0.351. The number of rotatable bonds is 14. The molecule has 4 aromatic carbocycles. The topological polar surface area (TPSA) is 44.5 Å². The van der Waals surface area contributed by atoms with E-state index in [9.17, 15) is 0 Å². The first-order valence-electron chi connectivity index (χ1n) is 15.3. The zero-order chi connectivity index (χ0) is 28.2. The number of benzene rings is 4. The Balaban J connectivity index is 1.37. The third-order valence-corrected chi connectivity index (χ3v) is 8.56. The molecule has 0 saturated carbocycles. The molecule has 41 heavy (non-hydrogen) atoms. The van der Waals surface area contributed by atoms with Gasteiger partial charge in [0.1, 0.15) is 0 Å². The molecule has 0 aliphatic carbocycles. The second kappa shape index (κ2) is 15.1. The second-order valence-electron chi connectivity index (χ2n) is 11.8. The van der Waals surface area contributed by atoms with Crippen LogP contribution in [0.2, 0.25) is 0 Å². The second-order valence-corrected chi connectivity index (χ2v) is 11.8. The minimum atomic E-state index is -0.280. The van der Waals surface area contributed by atoms with E-state index in [1.165, 1.54) is 22.3 Å². The number of hydrogen-bond acceptors (Lipinski definition) is 4. The first-order chi connectivity index (χ1) is 20.2. The van der Waals surface area contributed by atoms with E-state index in [4.69, 9.17) is 5.73 Å². The van der Waals surface area contributed by atoms with Crippen molar-refractivity contribution in [2.24, 2.45) is 11.7 Å². The van der Waals surface area contributed by atoms with Crippen molar-refractivity contribution in [2.75, 3.05) is 26.2 Å². The summed E-state index contributed by atoms with van der Waals surface area (Å²) >= 11 is 0. The number of hydrogen-bond donors (Lipinski definition) is 2. The molecule has 3 N–H and O–H groups in total. The fourth-order valence-electron chi connectivity index (χ4n) is 6.34. The third-order valence-electron chi connectivity index (χ3n) is 8.56. The number of nitrogens with one attached hydrogen (secondary N) is 1. The quantitative estimate of drug-likeness (QED) is 0.190. The summed E-state index contributed by atoms with van der Waals surface area (Å²) in [7, 11) is 0. The number of nitrogens with two attached hydrogens (primary N) is 1. The summed E-state index contributed by atoms with van der Waals surface area (Å²) in [6.07, 6.45) is 3.24. The molecule has 1 atom stereocenters. The Bertz CT molecular complexity index is 1180. The molecule has 4 heteroatoms. The first kappa shape index (κ1) is 29.2. The normalized spacial score (nSPS) is 15.7. The molecule has 0 bridgehead atoms. The Morgan fingerprint density at radius 2 is 0.927 bits per heavy atom. The minimum absolute atomic E-state index is 0.280. The zero-order valence-corrected chi connectivity index (χ0v) is 24.4. The van der Waals surface area contributed by atoms with E-state index in [1.54, 1.807) is 0 Å². The maximum Gasteiger partial charge on any atom is 0.0325 e. The van der Waals surface area contributed by atoms with Crippen molar-refractivity contribution >= 4 is 0 Å². The average Bonchev–Trinajstić information content (AvgIpc) is 3.02. The molecule has 1 fully saturated rings. The van der Waals surface area contributed by atoms with E-state index in [0.717, 1.165) is 71.6 Å². The van der Waals surface area contributed by atoms with Gasteiger partial charge in [0.15, 0.2) is 0 Å². The van der Waals surface area contributed by atoms with Gasteiger partial charge in [-0.05, 0) is 60.5 Å². The Morgan fingerprint density at radius 3 is 1.32 bits per heavy atom. The van der Waals surface area contributed by atoms with E-state index in [0.29, 0.717) is 5.92 Å². The van der Waals surface area contributed by atoms with Gasteiger partial charge in [-0.1, -0.05) is 121 Å². The van der Waals surface area contributed by atoms with Gasteiger partial charge in [-0.2, -0.15) is 0 Å². The summed E-state index contributed by atoms with van der Waals surface area (Å²) in [5.41, 5.74) is 12.7. The Morgan fingerprint density at radius 1 is 0.561 bits per heavy atom. The molecular weight excluding hydrogens is 500 g/mol. The van der Waals surface area contributed by atoms with Crippen LogP contribution in [0.25, 0.3) is 0 Å². The van der Waals surface area contributed by atoms with Crippen LogP contribution in [-0.4, -0.2) is 41.5 Å².